The minimum Gasteiger partial charge on any atom is -0.387 e. The van der Waals surface area contributed by atoms with Crippen LogP contribution >= 0.6 is 7.82 Å². The zero-order valence-corrected chi connectivity index (χ0v) is 14.4. The first-order valence-electron chi connectivity index (χ1n) is 5.75. The van der Waals surface area contributed by atoms with Crippen LogP contribution in [0.1, 0.15) is 6.23 Å². The van der Waals surface area contributed by atoms with E-state index in [0.29, 0.717) is 0 Å². The quantitative estimate of drug-likeness (QED) is 0.261. The van der Waals surface area contributed by atoms with Crippen molar-refractivity contribution in [3.05, 3.63) is 22.7 Å². The van der Waals surface area contributed by atoms with Gasteiger partial charge in [-0.1, -0.05) is 0 Å². The summed E-state index contributed by atoms with van der Waals surface area (Å²) < 4.78 is 20.9. The fourth-order valence-electron chi connectivity index (χ4n) is 1.89. The molecule has 0 aliphatic carbocycles. The maximum Gasteiger partial charge on any atom is 1.00 e. The molecule has 118 valence electrons. The maximum absolute atomic E-state index is 11.6. The predicted octanol–water partition coefficient (Wildman–Crippen LogP) is -5.44. The molecular formula is C9H14N3NaO8P+. The number of aromatic nitrogens is 2. The summed E-state index contributed by atoms with van der Waals surface area (Å²) in [5, 5.41) is 19.6. The molecule has 0 radical (unpaired) electrons. The molecule has 4 atom stereocenters. The number of hydrogen-bond donors (Lipinski definition) is 5. The van der Waals surface area contributed by atoms with Crippen molar-refractivity contribution in [2.45, 2.75) is 24.5 Å². The molecule has 1 aromatic rings. The van der Waals surface area contributed by atoms with Gasteiger partial charge in [-0.05, 0) is 6.07 Å². The number of phosphoric acid groups is 1. The monoisotopic (exact) mass is 346 g/mol. The molecule has 1 saturated heterocycles. The third kappa shape index (κ3) is 4.59. The Morgan fingerprint density at radius 1 is 1.41 bits per heavy atom. The van der Waals surface area contributed by atoms with Gasteiger partial charge in [0.25, 0.3) is 0 Å². The topological polar surface area (TPSA) is 177 Å². The SMILES string of the molecule is Nc1ccn(C2OC(COP(=O)(O)O)C(O)C2O)c(=O)n1.[Na+]. The van der Waals surface area contributed by atoms with E-state index in [1.54, 1.807) is 0 Å². The van der Waals surface area contributed by atoms with Crippen LogP contribution in [0.15, 0.2) is 17.1 Å². The van der Waals surface area contributed by atoms with Crippen molar-refractivity contribution < 1.29 is 63.4 Å². The van der Waals surface area contributed by atoms with Gasteiger partial charge >= 0.3 is 43.1 Å². The fraction of sp³-hybridized carbons (Fsp3) is 0.556. The number of phosphoric ester groups is 1. The van der Waals surface area contributed by atoms with Gasteiger partial charge in [0.1, 0.15) is 24.1 Å². The van der Waals surface area contributed by atoms with Crippen LogP contribution in [0.2, 0.25) is 0 Å². The Kier molecular flexibility index (Phi) is 6.72. The van der Waals surface area contributed by atoms with E-state index in [2.05, 4.69) is 9.51 Å². The van der Waals surface area contributed by atoms with Crippen LogP contribution in [0, 0.1) is 0 Å². The summed E-state index contributed by atoms with van der Waals surface area (Å²) in [7, 11) is -4.74. The van der Waals surface area contributed by atoms with E-state index < -0.39 is 44.7 Å². The van der Waals surface area contributed by atoms with Crippen molar-refractivity contribution in [3.8, 4) is 0 Å². The molecule has 2 rings (SSSR count). The second-order valence-corrected chi connectivity index (χ2v) is 5.61. The van der Waals surface area contributed by atoms with Crippen molar-refractivity contribution in [1.29, 1.82) is 0 Å². The second kappa shape index (κ2) is 7.49. The number of nitrogens with two attached hydrogens (primary N) is 1. The number of anilines is 1. The molecule has 2 heterocycles. The van der Waals surface area contributed by atoms with Crippen LogP contribution in [0.25, 0.3) is 0 Å². The van der Waals surface area contributed by atoms with Crippen LogP contribution in [-0.4, -0.2) is 54.5 Å². The van der Waals surface area contributed by atoms with E-state index in [-0.39, 0.29) is 35.4 Å². The Balaban J connectivity index is 0.00000242. The van der Waals surface area contributed by atoms with E-state index in [0.717, 1.165) is 4.57 Å². The van der Waals surface area contributed by atoms with Crippen molar-refractivity contribution in [2.75, 3.05) is 12.3 Å². The number of aliphatic hydroxyl groups is 2. The maximum atomic E-state index is 11.6. The van der Waals surface area contributed by atoms with Crippen LogP contribution in [0.4, 0.5) is 5.82 Å². The molecule has 11 nitrogen and oxygen atoms in total. The Labute approximate surface area is 146 Å². The summed E-state index contributed by atoms with van der Waals surface area (Å²) in [6.07, 6.45) is -4.27. The van der Waals surface area contributed by atoms with Gasteiger partial charge in [-0.2, -0.15) is 4.98 Å². The van der Waals surface area contributed by atoms with Crippen molar-refractivity contribution in [3.63, 3.8) is 0 Å². The van der Waals surface area contributed by atoms with Gasteiger partial charge in [-0.25, -0.2) is 9.36 Å². The number of nitrogen functional groups attached to an aromatic ring is 1. The smallest absolute Gasteiger partial charge is 0.387 e. The molecule has 0 aromatic carbocycles. The fourth-order valence-corrected chi connectivity index (χ4v) is 2.23. The molecule has 0 saturated carbocycles. The van der Waals surface area contributed by atoms with Crippen LogP contribution < -0.4 is 41.0 Å². The average molecular weight is 346 g/mol. The van der Waals surface area contributed by atoms with Gasteiger partial charge < -0.3 is 30.5 Å². The summed E-state index contributed by atoms with van der Waals surface area (Å²) in [5.41, 5.74) is 4.52. The van der Waals surface area contributed by atoms with Gasteiger partial charge in [-0.3, -0.25) is 9.09 Å². The van der Waals surface area contributed by atoms with E-state index >= 15 is 0 Å². The van der Waals surface area contributed by atoms with Gasteiger partial charge in [0.05, 0.1) is 6.61 Å². The van der Waals surface area contributed by atoms with Crippen molar-refractivity contribution in [1.82, 2.24) is 9.55 Å². The average Bonchev–Trinajstić information content (AvgIpc) is 2.64. The molecule has 13 heteroatoms. The van der Waals surface area contributed by atoms with Gasteiger partial charge in [0.15, 0.2) is 6.23 Å². The van der Waals surface area contributed by atoms with E-state index in [4.69, 9.17) is 20.3 Å². The summed E-state index contributed by atoms with van der Waals surface area (Å²) >= 11 is 0. The Morgan fingerprint density at radius 2 is 2.05 bits per heavy atom. The first kappa shape index (κ1) is 19.7. The molecule has 0 spiro atoms. The molecule has 1 aliphatic heterocycles. The molecule has 1 aliphatic rings. The number of aliphatic hydroxyl groups excluding tert-OH is 2. The third-order valence-corrected chi connectivity index (χ3v) is 3.36. The molecule has 6 N–H and O–H groups in total. The molecule has 1 fully saturated rings. The predicted molar refractivity (Wildman–Crippen MR) is 66.8 cm³/mol. The third-order valence-electron chi connectivity index (χ3n) is 2.87. The van der Waals surface area contributed by atoms with Crippen LogP contribution in [-0.2, 0) is 13.8 Å². The standard InChI is InChI=1S/C9H14N3O8P.Na/c10-5-1-2-12(9(15)11-5)8-7(14)6(13)4(20-8)3-19-21(16,17)18;/h1-2,4,6-8,13-14H,3H2,(H2,10,11,15)(H2,16,17,18);/q;+1. The first-order valence-corrected chi connectivity index (χ1v) is 7.28. The van der Waals surface area contributed by atoms with Gasteiger partial charge in [-0.15, -0.1) is 0 Å². The second-order valence-electron chi connectivity index (χ2n) is 4.37. The molecule has 4 unspecified atom stereocenters. The van der Waals surface area contributed by atoms with Gasteiger partial charge in [0.2, 0.25) is 0 Å². The zero-order chi connectivity index (χ0) is 15.8. The summed E-state index contributed by atoms with van der Waals surface area (Å²) in [6, 6.07) is 1.29. The number of rotatable bonds is 4. The van der Waals surface area contributed by atoms with E-state index in [1.807, 2.05) is 0 Å². The van der Waals surface area contributed by atoms with Crippen LogP contribution in [0.5, 0.6) is 0 Å². The minimum atomic E-state index is -4.74. The Bertz CT molecular complexity index is 621. The summed E-state index contributed by atoms with van der Waals surface area (Å²) in [4.78, 5) is 32.3. The van der Waals surface area contributed by atoms with Crippen molar-refractivity contribution >= 4 is 13.6 Å². The molecule has 22 heavy (non-hydrogen) atoms. The first-order chi connectivity index (χ1) is 9.69. The van der Waals surface area contributed by atoms with Crippen LogP contribution in [0.3, 0.4) is 0 Å². The summed E-state index contributed by atoms with van der Waals surface area (Å²) in [5.74, 6) is -0.0225. The summed E-state index contributed by atoms with van der Waals surface area (Å²) in [6.45, 7) is -0.657. The molecule has 1 aromatic heterocycles. The van der Waals surface area contributed by atoms with Gasteiger partial charge in [0, 0.05) is 6.20 Å². The van der Waals surface area contributed by atoms with E-state index in [1.165, 1.54) is 12.3 Å². The zero-order valence-electron chi connectivity index (χ0n) is 11.5. The number of ether oxygens (including phenoxy) is 1. The Hall–Kier alpha value is -0.330. The Morgan fingerprint density at radius 3 is 2.59 bits per heavy atom. The molecule has 0 bridgehead atoms. The van der Waals surface area contributed by atoms with Crippen molar-refractivity contribution in [2.24, 2.45) is 0 Å². The molecule has 0 amide bonds. The normalized spacial score (nSPS) is 28.4. The number of hydrogen-bond acceptors (Lipinski definition) is 8. The number of nitrogens with zero attached hydrogens (tertiary/aromatic N) is 2. The largest absolute Gasteiger partial charge is 1.00 e. The van der Waals surface area contributed by atoms with E-state index in [9.17, 15) is 19.6 Å². The minimum absolute atomic E-state index is 0. The molecular weight excluding hydrogens is 332 g/mol.